The van der Waals surface area contributed by atoms with E-state index >= 15 is 0 Å². The monoisotopic (exact) mass is 254 g/mol. The lowest BCUT2D eigenvalue weighted by atomic mass is 10.1. The van der Waals surface area contributed by atoms with Crippen LogP contribution in [0, 0.1) is 5.82 Å². The van der Waals surface area contributed by atoms with Crippen LogP contribution >= 0.6 is 0 Å². The number of carbonyl (C=O) groups is 1. The van der Waals surface area contributed by atoms with Crippen LogP contribution in [0.1, 0.15) is 31.9 Å². The molecule has 0 fully saturated rings. The second kappa shape index (κ2) is 6.96. The minimum Gasteiger partial charge on any atom is -0.493 e. The Kier molecular flexibility index (Phi) is 5.58. The Balaban J connectivity index is 2.49. The van der Waals surface area contributed by atoms with Gasteiger partial charge in [0, 0.05) is 24.2 Å². The molecule has 1 amide bonds. The number of nitrogens with one attached hydrogen (secondary N) is 1. The molecular weight excluding hydrogens is 235 g/mol. The van der Waals surface area contributed by atoms with Crippen LogP contribution in [0.3, 0.4) is 0 Å². The maximum absolute atomic E-state index is 13.6. The van der Waals surface area contributed by atoms with E-state index in [2.05, 4.69) is 5.32 Å². The van der Waals surface area contributed by atoms with Crippen LogP contribution in [0.4, 0.5) is 4.39 Å². The zero-order valence-corrected chi connectivity index (χ0v) is 10.7. The number of amides is 1. The SMILES string of the molecule is CCNC(=O)CCOc1ccc([C@H](C)N)c(F)c1. The predicted octanol–water partition coefficient (Wildman–Crippen LogP) is 1.75. The summed E-state index contributed by atoms with van der Waals surface area (Å²) in [5.74, 6) is -0.0631. The quantitative estimate of drug-likeness (QED) is 0.813. The largest absolute Gasteiger partial charge is 0.493 e. The van der Waals surface area contributed by atoms with Crippen molar-refractivity contribution >= 4 is 5.91 Å². The van der Waals surface area contributed by atoms with Gasteiger partial charge in [0.25, 0.3) is 0 Å². The summed E-state index contributed by atoms with van der Waals surface area (Å²) in [5.41, 5.74) is 6.05. The third-order valence-corrected chi connectivity index (χ3v) is 2.43. The van der Waals surface area contributed by atoms with E-state index in [1.54, 1.807) is 19.1 Å². The molecule has 4 nitrogen and oxygen atoms in total. The Morgan fingerprint density at radius 3 is 2.83 bits per heavy atom. The van der Waals surface area contributed by atoms with Gasteiger partial charge in [-0.3, -0.25) is 4.79 Å². The van der Waals surface area contributed by atoms with Gasteiger partial charge in [-0.05, 0) is 19.9 Å². The summed E-state index contributed by atoms with van der Waals surface area (Å²) in [5, 5.41) is 2.66. The van der Waals surface area contributed by atoms with Crippen molar-refractivity contribution in [3.63, 3.8) is 0 Å². The van der Waals surface area contributed by atoms with E-state index in [0.717, 1.165) is 0 Å². The van der Waals surface area contributed by atoms with E-state index in [-0.39, 0.29) is 30.8 Å². The first kappa shape index (κ1) is 14.4. The first-order valence-corrected chi connectivity index (χ1v) is 5.99. The van der Waals surface area contributed by atoms with Crippen LogP contribution < -0.4 is 15.8 Å². The van der Waals surface area contributed by atoms with Gasteiger partial charge in [0.05, 0.1) is 13.0 Å². The second-order valence-electron chi connectivity index (χ2n) is 4.02. The molecule has 0 saturated carbocycles. The van der Waals surface area contributed by atoms with E-state index in [1.165, 1.54) is 6.07 Å². The van der Waals surface area contributed by atoms with E-state index < -0.39 is 0 Å². The average Bonchev–Trinajstić information content (AvgIpc) is 2.29. The number of carbonyl (C=O) groups excluding carboxylic acids is 1. The van der Waals surface area contributed by atoms with Crippen LogP contribution in [0.2, 0.25) is 0 Å². The van der Waals surface area contributed by atoms with E-state index in [1.807, 2.05) is 6.92 Å². The summed E-state index contributed by atoms with van der Waals surface area (Å²) < 4.78 is 18.9. The third kappa shape index (κ3) is 4.33. The van der Waals surface area contributed by atoms with E-state index in [9.17, 15) is 9.18 Å². The lowest BCUT2D eigenvalue weighted by Crippen LogP contribution is -2.24. The average molecular weight is 254 g/mol. The highest BCUT2D eigenvalue weighted by Gasteiger charge is 2.08. The number of hydrogen-bond acceptors (Lipinski definition) is 3. The number of halogens is 1. The minimum atomic E-state index is -0.388. The first-order valence-electron chi connectivity index (χ1n) is 5.99. The van der Waals surface area contributed by atoms with Crippen LogP contribution in [-0.2, 0) is 4.79 Å². The minimum absolute atomic E-state index is 0.0785. The van der Waals surface area contributed by atoms with Crippen molar-refractivity contribution in [1.29, 1.82) is 0 Å². The third-order valence-electron chi connectivity index (χ3n) is 2.43. The summed E-state index contributed by atoms with van der Waals surface area (Å²) in [6, 6.07) is 4.19. The Morgan fingerprint density at radius 2 is 2.28 bits per heavy atom. The molecule has 0 radical (unpaired) electrons. The molecule has 0 bridgehead atoms. The van der Waals surface area contributed by atoms with Crippen molar-refractivity contribution in [3.8, 4) is 5.75 Å². The molecule has 1 aromatic carbocycles. The fourth-order valence-corrected chi connectivity index (χ4v) is 1.51. The van der Waals surface area contributed by atoms with Crippen molar-refractivity contribution in [2.24, 2.45) is 5.73 Å². The molecule has 0 saturated heterocycles. The van der Waals surface area contributed by atoms with Gasteiger partial charge in [-0.2, -0.15) is 0 Å². The number of hydrogen-bond donors (Lipinski definition) is 2. The number of nitrogens with two attached hydrogens (primary N) is 1. The van der Waals surface area contributed by atoms with Gasteiger partial charge in [-0.25, -0.2) is 4.39 Å². The molecule has 0 aliphatic rings. The number of ether oxygens (including phenoxy) is 1. The van der Waals surface area contributed by atoms with Crippen molar-refractivity contribution in [1.82, 2.24) is 5.32 Å². The highest BCUT2D eigenvalue weighted by atomic mass is 19.1. The molecule has 0 heterocycles. The van der Waals surface area contributed by atoms with E-state index in [0.29, 0.717) is 17.9 Å². The molecule has 100 valence electrons. The Bertz CT molecular complexity index is 408. The molecule has 0 aliphatic heterocycles. The van der Waals surface area contributed by atoms with Gasteiger partial charge in [-0.1, -0.05) is 6.07 Å². The fraction of sp³-hybridized carbons (Fsp3) is 0.462. The highest BCUT2D eigenvalue weighted by molar-refractivity contribution is 5.75. The van der Waals surface area contributed by atoms with Crippen molar-refractivity contribution in [3.05, 3.63) is 29.6 Å². The fourth-order valence-electron chi connectivity index (χ4n) is 1.51. The molecule has 1 rings (SSSR count). The molecule has 0 aliphatic carbocycles. The lowest BCUT2D eigenvalue weighted by molar-refractivity contribution is -0.121. The second-order valence-corrected chi connectivity index (χ2v) is 4.02. The summed E-state index contributed by atoms with van der Waals surface area (Å²) in [6.45, 7) is 4.38. The number of benzene rings is 1. The Hall–Kier alpha value is -1.62. The van der Waals surface area contributed by atoms with Gasteiger partial charge in [0.2, 0.25) is 5.91 Å². The Morgan fingerprint density at radius 1 is 1.56 bits per heavy atom. The molecule has 0 spiro atoms. The summed E-state index contributed by atoms with van der Waals surface area (Å²) in [6.07, 6.45) is 0.254. The van der Waals surface area contributed by atoms with Crippen LogP contribution in [0.15, 0.2) is 18.2 Å². The molecule has 5 heteroatoms. The molecule has 1 aromatic rings. The molecule has 18 heavy (non-hydrogen) atoms. The van der Waals surface area contributed by atoms with Crippen LogP contribution in [0.25, 0.3) is 0 Å². The predicted molar refractivity (Wildman–Crippen MR) is 67.8 cm³/mol. The maximum atomic E-state index is 13.6. The van der Waals surface area contributed by atoms with E-state index in [4.69, 9.17) is 10.5 Å². The van der Waals surface area contributed by atoms with Gasteiger partial charge < -0.3 is 15.8 Å². The first-order chi connectivity index (χ1) is 8.54. The summed E-state index contributed by atoms with van der Waals surface area (Å²) >= 11 is 0. The van der Waals surface area contributed by atoms with Crippen molar-refractivity contribution in [2.75, 3.05) is 13.2 Å². The highest BCUT2D eigenvalue weighted by Crippen LogP contribution is 2.20. The number of rotatable bonds is 6. The summed E-state index contributed by atoms with van der Waals surface area (Å²) in [4.78, 5) is 11.2. The zero-order chi connectivity index (χ0) is 13.5. The smallest absolute Gasteiger partial charge is 0.223 e. The normalized spacial score (nSPS) is 12.0. The van der Waals surface area contributed by atoms with Gasteiger partial charge >= 0.3 is 0 Å². The molecule has 3 N–H and O–H groups in total. The summed E-state index contributed by atoms with van der Waals surface area (Å²) in [7, 11) is 0. The topological polar surface area (TPSA) is 64.3 Å². The molecule has 0 unspecified atom stereocenters. The lowest BCUT2D eigenvalue weighted by Gasteiger charge is -2.10. The zero-order valence-electron chi connectivity index (χ0n) is 10.7. The van der Waals surface area contributed by atoms with Crippen LogP contribution in [-0.4, -0.2) is 19.1 Å². The van der Waals surface area contributed by atoms with Crippen molar-refractivity contribution < 1.29 is 13.9 Å². The molecule has 1 atom stereocenters. The molecule has 0 aromatic heterocycles. The van der Waals surface area contributed by atoms with Crippen LogP contribution in [0.5, 0.6) is 5.75 Å². The van der Waals surface area contributed by atoms with Gasteiger partial charge in [0.15, 0.2) is 0 Å². The van der Waals surface area contributed by atoms with Crippen molar-refractivity contribution in [2.45, 2.75) is 26.3 Å². The van der Waals surface area contributed by atoms with Gasteiger partial charge in [0.1, 0.15) is 11.6 Å². The Labute approximate surface area is 106 Å². The maximum Gasteiger partial charge on any atom is 0.223 e. The van der Waals surface area contributed by atoms with Gasteiger partial charge in [-0.15, -0.1) is 0 Å². The standard InChI is InChI=1S/C13H19FN2O2/c1-3-16-13(17)6-7-18-10-4-5-11(9(2)15)12(14)8-10/h4-5,8-9H,3,6-7,15H2,1-2H3,(H,16,17)/t9-/m0/s1. The molecular formula is C13H19FN2O2.